The molecule has 0 aliphatic carbocycles. The van der Waals surface area contributed by atoms with E-state index in [0.717, 1.165) is 29.2 Å². The zero-order valence-corrected chi connectivity index (χ0v) is 17.6. The number of carbonyl (C=O) groups excluding carboxylic acids is 1. The Morgan fingerprint density at radius 1 is 1.09 bits per heavy atom. The van der Waals surface area contributed by atoms with Crippen LogP contribution in [0.5, 0.6) is 11.5 Å². The van der Waals surface area contributed by atoms with Gasteiger partial charge in [-0.05, 0) is 29.8 Å². The number of piperazine rings is 1. The molecule has 7 nitrogen and oxygen atoms in total. The van der Waals surface area contributed by atoms with Crippen LogP contribution in [0.1, 0.15) is 11.1 Å². The Morgan fingerprint density at radius 2 is 1.82 bits per heavy atom. The van der Waals surface area contributed by atoms with E-state index < -0.39 is 17.6 Å². The van der Waals surface area contributed by atoms with Crippen LogP contribution >= 0.6 is 0 Å². The van der Waals surface area contributed by atoms with Gasteiger partial charge in [-0.1, -0.05) is 18.2 Å². The molecule has 0 unspecified atom stereocenters. The molecule has 0 aromatic heterocycles. The monoisotopic (exact) mass is 458 g/mol. The van der Waals surface area contributed by atoms with Crippen molar-refractivity contribution in [2.24, 2.45) is 0 Å². The second-order valence-corrected chi connectivity index (χ2v) is 7.65. The number of ether oxygens (including phenoxy) is 2. The first-order valence-corrected chi connectivity index (χ1v) is 10.3. The number of hydrogen-bond acceptors (Lipinski definition) is 6. The van der Waals surface area contributed by atoms with Gasteiger partial charge >= 0.3 is 6.18 Å². The summed E-state index contributed by atoms with van der Waals surface area (Å²) < 4.78 is 50.2. The number of carbonyl (C=O) groups is 1. The Hall–Kier alpha value is -3.71. The summed E-state index contributed by atoms with van der Waals surface area (Å²) in [6.45, 7) is 3.48. The first kappa shape index (κ1) is 22.5. The van der Waals surface area contributed by atoms with Crippen molar-refractivity contribution in [3.8, 4) is 17.6 Å². The number of rotatable bonds is 5. The van der Waals surface area contributed by atoms with Gasteiger partial charge in [-0.25, -0.2) is 0 Å². The summed E-state index contributed by atoms with van der Waals surface area (Å²) in [4.78, 5) is 16.5. The lowest BCUT2D eigenvalue weighted by Crippen LogP contribution is -2.43. The van der Waals surface area contributed by atoms with Gasteiger partial charge in [0.25, 0.3) is 5.91 Å². The number of benzene rings is 2. The van der Waals surface area contributed by atoms with E-state index in [0.29, 0.717) is 32.7 Å². The van der Waals surface area contributed by atoms with Gasteiger partial charge in [-0.15, -0.1) is 0 Å². The lowest BCUT2D eigenvalue weighted by molar-refractivity contribution is -0.137. The minimum Gasteiger partial charge on any atom is -0.454 e. The summed E-state index contributed by atoms with van der Waals surface area (Å²) in [6, 6.07) is 12.3. The number of nitriles is 1. The number of para-hydroxylation sites is 1. The summed E-state index contributed by atoms with van der Waals surface area (Å²) in [5.41, 5.74) is -0.516. The Labute approximate surface area is 188 Å². The molecular formula is C23H21F3N4O3. The molecule has 0 saturated carbocycles. The van der Waals surface area contributed by atoms with Crippen molar-refractivity contribution in [2.45, 2.75) is 12.7 Å². The van der Waals surface area contributed by atoms with Crippen LogP contribution in [-0.2, 0) is 17.5 Å². The highest BCUT2D eigenvalue weighted by Gasteiger charge is 2.33. The fourth-order valence-corrected chi connectivity index (χ4v) is 3.70. The minimum atomic E-state index is -4.62. The normalized spacial score (nSPS) is 16.4. The molecule has 172 valence electrons. The van der Waals surface area contributed by atoms with Crippen LogP contribution in [0.3, 0.4) is 0 Å². The molecule has 1 saturated heterocycles. The van der Waals surface area contributed by atoms with Crippen LogP contribution < -0.4 is 14.8 Å². The number of anilines is 1. The summed E-state index contributed by atoms with van der Waals surface area (Å²) in [5.74, 6) is 0.580. The zero-order chi connectivity index (χ0) is 23.4. The molecular weight excluding hydrogens is 437 g/mol. The fourth-order valence-electron chi connectivity index (χ4n) is 3.70. The maximum absolute atomic E-state index is 13.2. The first-order valence-electron chi connectivity index (χ1n) is 10.3. The lowest BCUT2D eigenvalue weighted by atomic mass is 10.1. The molecule has 2 aliphatic rings. The fraction of sp³-hybridized carbons (Fsp3) is 0.304. The van der Waals surface area contributed by atoms with E-state index >= 15 is 0 Å². The minimum absolute atomic E-state index is 0.223. The predicted molar refractivity (Wildman–Crippen MR) is 113 cm³/mol. The van der Waals surface area contributed by atoms with E-state index in [9.17, 15) is 23.2 Å². The molecule has 0 spiro atoms. The molecule has 0 atom stereocenters. The van der Waals surface area contributed by atoms with Crippen LogP contribution in [0, 0.1) is 11.3 Å². The zero-order valence-electron chi connectivity index (χ0n) is 17.6. The second-order valence-electron chi connectivity index (χ2n) is 7.65. The van der Waals surface area contributed by atoms with E-state index in [-0.39, 0.29) is 18.1 Å². The van der Waals surface area contributed by atoms with Crippen molar-refractivity contribution in [3.05, 3.63) is 65.4 Å². The van der Waals surface area contributed by atoms with Crippen molar-refractivity contribution >= 4 is 11.6 Å². The first-order chi connectivity index (χ1) is 15.8. The van der Waals surface area contributed by atoms with Crippen LogP contribution in [0.4, 0.5) is 18.9 Å². The average Bonchev–Trinajstić information content (AvgIpc) is 3.26. The summed E-state index contributed by atoms with van der Waals surface area (Å²) in [6.07, 6.45) is -3.21. The van der Waals surface area contributed by atoms with E-state index in [4.69, 9.17) is 9.47 Å². The number of amides is 1. The van der Waals surface area contributed by atoms with Crippen LogP contribution in [0.25, 0.3) is 0 Å². The van der Waals surface area contributed by atoms with Crippen LogP contribution in [0.15, 0.2) is 54.2 Å². The molecule has 0 radical (unpaired) electrons. The van der Waals surface area contributed by atoms with Crippen molar-refractivity contribution in [2.75, 3.05) is 38.3 Å². The van der Waals surface area contributed by atoms with E-state index in [1.165, 1.54) is 18.3 Å². The topological polar surface area (TPSA) is 77.8 Å². The quantitative estimate of drug-likeness (QED) is 0.545. The number of halogens is 3. The van der Waals surface area contributed by atoms with Gasteiger partial charge in [-0.3, -0.25) is 9.69 Å². The maximum Gasteiger partial charge on any atom is 0.418 e. The largest absolute Gasteiger partial charge is 0.454 e. The van der Waals surface area contributed by atoms with E-state index in [2.05, 4.69) is 10.2 Å². The number of fused-ring (bicyclic) bond motifs is 1. The SMILES string of the molecule is N#C/C(=C/N1CCN(Cc2ccc3c(c2)OCO3)CC1)C(=O)Nc1ccccc1C(F)(F)F. The lowest BCUT2D eigenvalue weighted by Gasteiger charge is -2.34. The molecule has 10 heteroatoms. The highest BCUT2D eigenvalue weighted by atomic mass is 19.4. The summed E-state index contributed by atoms with van der Waals surface area (Å²) in [7, 11) is 0. The van der Waals surface area contributed by atoms with Crippen molar-refractivity contribution in [1.82, 2.24) is 9.80 Å². The number of nitrogens with one attached hydrogen (secondary N) is 1. The van der Waals surface area contributed by atoms with Crippen LogP contribution in [0.2, 0.25) is 0 Å². The van der Waals surface area contributed by atoms with Gasteiger partial charge in [0.2, 0.25) is 6.79 Å². The summed E-state index contributed by atoms with van der Waals surface area (Å²) >= 11 is 0. The average molecular weight is 458 g/mol. The number of alkyl halides is 3. The predicted octanol–water partition coefficient (Wildman–Crippen LogP) is 3.60. The van der Waals surface area contributed by atoms with E-state index in [1.807, 2.05) is 23.1 Å². The second kappa shape index (κ2) is 9.42. The van der Waals surface area contributed by atoms with E-state index in [1.54, 1.807) is 6.07 Å². The third kappa shape index (κ3) is 5.38. The molecule has 2 aromatic carbocycles. The molecule has 2 heterocycles. The molecule has 2 aromatic rings. The van der Waals surface area contributed by atoms with Gasteiger partial charge in [-0.2, -0.15) is 18.4 Å². The standard InChI is InChI=1S/C23H21F3N4O3/c24-23(25,26)18-3-1-2-4-19(18)28-22(31)17(12-27)14-30-9-7-29(8-10-30)13-16-5-6-20-21(11-16)33-15-32-20/h1-6,11,14H,7-10,13,15H2,(H,28,31)/b17-14-. The Bertz CT molecular complexity index is 1100. The Balaban J connectivity index is 1.35. The maximum atomic E-state index is 13.2. The third-order valence-electron chi connectivity index (χ3n) is 5.41. The van der Waals surface area contributed by atoms with Gasteiger partial charge in [0, 0.05) is 38.9 Å². The molecule has 1 amide bonds. The molecule has 0 bridgehead atoms. The molecule has 1 fully saturated rings. The van der Waals surface area contributed by atoms with Gasteiger partial charge < -0.3 is 19.7 Å². The summed E-state index contributed by atoms with van der Waals surface area (Å²) in [5, 5.41) is 11.6. The highest BCUT2D eigenvalue weighted by Crippen LogP contribution is 2.35. The molecule has 1 N–H and O–H groups in total. The smallest absolute Gasteiger partial charge is 0.418 e. The van der Waals surface area contributed by atoms with Crippen molar-refractivity contribution in [1.29, 1.82) is 5.26 Å². The van der Waals surface area contributed by atoms with Gasteiger partial charge in [0.05, 0.1) is 11.3 Å². The molecule has 4 rings (SSSR count). The van der Waals surface area contributed by atoms with Crippen LogP contribution in [-0.4, -0.2) is 48.7 Å². The Morgan fingerprint density at radius 3 is 2.55 bits per heavy atom. The van der Waals surface area contributed by atoms with Gasteiger partial charge in [0.15, 0.2) is 11.5 Å². The van der Waals surface area contributed by atoms with Crippen molar-refractivity contribution in [3.63, 3.8) is 0 Å². The number of hydrogen-bond donors (Lipinski definition) is 1. The Kier molecular flexibility index (Phi) is 6.42. The highest BCUT2D eigenvalue weighted by molar-refractivity contribution is 6.06. The molecule has 2 aliphatic heterocycles. The van der Waals surface area contributed by atoms with Crippen molar-refractivity contribution < 1.29 is 27.4 Å². The third-order valence-corrected chi connectivity index (χ3v) is 5.41. The molecule has 33 heavy (non-hydrogen) atoms. The van der Waals surface area contributed by atoms with Gasteiger partial charge in [0.1, 0.15) is 11.6 Å². The number of nitrogens with zero attached hydrogens (tertiary/aromatic N) is 3.